The lowest BCUT2D eigenvalue weighted by Crippen LogP contribution is -2.10. The number of benzene rings is 1. The van der Waals surface area contributed by atoms with Crippen molar-refractivity contribution in [2.24, 2.45) is 0 Å². The molecule has 1 aromatic rings. The molecule has 0 bridgehead atoms. The maximum Gasteiger partial charge on any atom is 0.00989 e. The largest absolute Gasteiger partial charge is 0.0891 e. The second kappa shape index (κ2) is 6.50. The van der Waals surface area contributed by atoms with Gasteiger partial charge in [0.15, 0.2) is 0 Å². The van der Waals surface area contributed by atoms with Gasteiger partial charge in [0.2, 0.25) is 0 Å². The average molecular weight is 227 g/mol. The van der Waals surface area contributed by atoms with E-state index in [0.29, 0.717) is 0 Å². The Hall–Kier alpha value is -1.22. The minimum atomic E-state index is 0.248. The second-order valence-electron chi connectivity index (χ2n) is 5.68. The van der Waals surface area contributed by atoms with Crippen molar-refractivity contribution < 1.29 is 0 Å². The normalized spacial score (nSPS) is 11.2. The number of aryl methyl sites for hydroxylation is 1. The number of hydrogen-bond acceptors (Lipinski definition) is 0. The van der Waals surface area contributed by atoms with Crippen LogP contribution in [0.4, 0.5) is 0 Å². The molecule has 0 saturated carbocycles. The fourth-order valence-electron chi connectivity index (χ4n) is 1.89. The van der Waals surface area contributed by atoms with E-state index < -0.39 is 0 Å². The van der Waals surface area contributed by atoms with E-state index in [-0.39, 0.29) is 5.41 Å². The molecule has 0 aliphatic carbocycles. The summed E-state index contributed by atoms with van der Waals surface area (Å²) in [6, 6.07) is 9.01. The van der Waals surface area contributed by atoms with Crippen molar-refractivity contribution in [3.63, 3.8) is 0 Å². The highest BCUT2D eigenvalue weighted by Gasteiger charge is 2.12. The van der Waals surface area contributed by atoms with Crippen molar-refractivity contribution in [3.8, 4) is 5.92 Å². The molecule has 0 fully saturated rings. The van der Waals surface area contributed by atoms with E-state index in [9.17, 15) is 0 Å². The van der Waals surface area contributed by atoms with Crippen molar-refractivity contribution in [3.05, 3.63) is 41.8 Å². The van der Waals surface area contributed by atoms with Gasteiger partial charge >= 0.3 is 0 Å². The highest BCUT2D eigenvalue weighted by atomic mass is 14.2. The van der Waals surface area contributed by atoms with Crippen LogP contribution in [-0.2, 0) is 11.8 Å². The zero-order valence-electron chi connectivity index (χ0n) is 11.3. The van der Waals surface area contributed by atoms with Crippen LogP contribution < -0.4 is 0 Å². The Morgan fingerprint density at radius 3 is 2.18 bits per heavy atom. The summed E-state index contributed by atoms with van der Waals surface area (Å²) in [6.45, 7) is 6.74. The van der Waals surface area contributed by atoms with E-state index in [0.717, 1.165) is 19.3 Å². The quantitative estimate of drug-likeness (QED) is 0.506. The summed E-state index contributed by atoms with van der Waals surface area (Å²) in [6.07, 6.45) is 12.3. The van der Waals surface area contributed by atoms with Crippen LogP contribution in [0.15, 0.2) is 24.3 Å². The topological polar surface area (TPSA) is 0 Å². The first-order valence-electron chi connectivity index (χ1n) is 6.53. The summed E-state index contributed by atoms with van der Waals surface area (Å²) in [5.41, 5.74) is 3.08. The molecule has 0 heterocycles. The molecule has 1 radical (unpaired) electrons. The molecule has 91 valence electrons. The first kappa shape index (κ1) is 13.8. The summed E-state index contributed by atoms with van der Waals surface area (Å²) in [7, 11) is 0. The van der Waals surface area contributed by atoms with E-state index >= 15 is 0 Å². The standard InChI is InChI=1S/C17H23/c1-5-6-7-8-9-10-15-11-13-16(14-12-15)17(2,3)4/h11-14H,6-10H2,2-4H3. The van der Waals surface area contributed by atoms with E-state index in [4.69, 9.17) is 6.42 Å². The van der Waals surface area contributed by atoms with Crippen molar-refractivity contribution >= 4 is 0 Å². The van der Waals surface area contributed by atoms with Gasteiger partial charge in [-0.1, -0.05) is 57.4 Å². The van der Waals surface area contributed by atoms with Crippen LogP contribution in [0.3, 0.4) is 0 Å². The van der Waals surface area contributed by atoms with Crippen LogP contribution >= 0.6 is 0 Å². The summed E-state index contributed by atoms with van der Waals surface area (Å²) in [4.78, 5) is 0. The molecule has 17 heavy (non-hydrogen) atoms. The Morgan fingerprint density at radius 2 is 1.65 bits per heavy atom. The van der Waals surface area contributed by atoms with Gasteiger partial charge in [-0.3, -0.25) is 0 Å². The fraction of sp³-hybridized carbons (Fsp3) is 0.529. The molecule has 0 nitrogen and oxygen atoms in total. The van der Waals surface area contributed by atoms with Crippen LogP contribution in [0.2, 0.25) is 0 Å². The molecule has 0 N–H and O–H groups in total. The molecular formula is C17H23. The molecule has 0 aliphatic heterocycles. The van der Waals surface area contributed by atoms with Crippen LogP contribution in [0.1, 0.15) is 57.6 Å². The van der Waals surface area contributed by atoms with Crippen LogP contribution in [-0.4, -0.2) is 0 Å². The van der Waals surface area contributed by atoms with Gasteiger partial charge in [-0.25, -0.2) is 0 Å². The number of hydrogen-bond donors (Lipinski definition) is 0. The molecule has 1 rings (SSSR count). The first-order chi connectivity index (χ1) is 8.04. The molecule has 0 heteroatoms. The Bertz CT molecular complexity index is 357. The van der Waals surface area contributed by atoms with E-state index in [1.165, 1.54) is 24.0 Å². The maximum atomic E-state index is 6.83. The van der Waals surface area contributed by atoms with E-state index in [1.807, 2.05) is 0 Å². The second-order valence-corrected chi connectivity index (χ2v) is 5.68. The zero-order valence-corrected chi connectivity index (χ0v) is 11.3. The summed E-state index contributed by atoms with van der Waals surface area (Å²) in [5.74, 6) is 2.44. The lowest BCUT2D eigenvalue weighted by Gasteiger charge is -2.19. The Labute approximate surface area is 106 Å². The van der Waals surface area contributed by atoms with Gasteiger partial charge in [0.1, 0.15) is 0 Å². The van der Waals surface area contributed by atoms with Gasteiger partial charge in [0, 0.05) is 6.42 Å². The predicted octanol–water partition coefficient (Wildman–Crippen LogP) is 4.68. The van der Waals surface area contributed by atoms with Crippen molar-refractivity contribution in [2.75, 3.05) is 0 Å². The maximum absolute atomic E-state index is 6.83. The third kappa shape index (κ3) is 5.09. The zero-order chi connectivity index (χ0) is 12.7. The van der Waals surface area contributed by atoms with Gasteiger partial charge < -0.3 is 0 Å². The molecule has 0 spiro atoms. The van der Waals surface area contributed by atoms with Gasteiger partial charge in [0.05, 0.1) is 0 Å². The minimum absolute atomic E-state index is 0.248. The van der Waals surface area contributed by atoms with Gasteiger partial charge in [-0.05, 0) is 42.2 Å². The van der Waals surface area contributed by atoms with Crippen molar-refractivity contribution in [1.82, 2.24) is 0 Å². The average Bonchev–Trinajstić information content (AvgIpc) is 2.28. The van der Waals surface area contributed by atoms with Crippen LogP contribution in [0.25, 0.3) is 0 Å². The van der Waals surface area contributed by atoms with E-state index in [2.05, 4.69) is 51.0 Å². The van der Waals surface area contributed by atoms with Gasteiger partial charge in [-0.15, -0.1) is 0 Å². The molecule has 0 aromatic heterocycles. The highest BCUT2D eigenvalue weighted by molar-refractivity contribution is 5.27. The third-order valence-electron chi connectivity index (χ3n) is 3.09. The van der Waals surface area contributed by atoms with Crippen LogP contribution in [0.5, 0.6) is 0 Å². The monoisotopic (exact) mass is 227 g/mol. The summed E-state index contributed by atoms with van der Waals surface area (Å²) in [5, 5.41) is 0. The Morgan fingerprint density at radius 1 is 1.00 bits per heavy atom. The lowest BCUT2D eigenvalue weighted by molar-refractivity contribution is 0.589. The molecule has 0 amide bonds. The van der Waals surface area contributed by atoms with Crippen molar-refractivity contribution in [2.45, 2.75) is 58.3 Å². The molecule has 1 aromatic carbocycles. The smallest absolute Gasteiger partial charge is 0.00989 e. The molecular weight excluding hydrogens is 204 g/mol. The molecule has 0 atom stereocenters. The molecule has 0 aliphatic rings. The summed E-state index contributed by atoms with van der Waals surface area (Å²) < 4.78 is 0. The van der Waals surface area contributed by atoms with E-state index in [1.54, 1.807) is 0 Å². The molecule has 0 saturated heterocycles. The first-order valence-corrected chi connectivity index (χ1v) is 6.53. The van der Waals surface area contributed by atoms with Crippen molar-refractivity contribution in [1.29, 1.82) is 0 Å². The van der Waals surface area contributed by atoms with Gasteiger partial charge in [-0.2, -0.15) is 0 Å². The number of unbranched alkanes of at least 4 members (excludes halogenated alkanes) is 3. The van der Waals surface area contributed by atoms with Gasteiger partial charge in [0.25, 0.3) is 0 Å². The minimum Gasteiger partial charge on any atom is -0.0891 e. The Balaban J connectivity index is 2.39. The molecule has 0 unspecified atom stereocenters. The lowest BCUT2D eigenvalue weighted by atomic mass is 9.86. The SMILES string of the molecule is [C]#CCCCCCc1ccc(C(C)(C)C)cc1. The third-order valence-corrected chi connectivity index (χ3v) is 3.09. The summed E-state index contributed by atoms with van der Waals surface area (Å²) >= 11 is 0. The Kier molecular flexibility index (Phi) is 5.29. The number of rotatable bonds is 5. The fourth-order valence-corrected chi connectivity index (χ4v) is 1.89. The predicted molar refractivity (Wildman–Crippen MR) is 74.4 cm³/mol. The van der Waals surface area contributed by atoms with Crippen LogP contribution in [0, 0.1) is 12.3 Å². The highest BCUT2D eigenvalue weighted by Crippen LogP contribution is 2.22.